The maximum absolute atomic E-state index is 4.41. The molecule has 15 heavy (non-hydrogen) atoms. The van der Waals surface area contributed by atoms with E-state index in [1.54, 1.807) is 15.9 Å². The molecule has 5 nitrogen and oxygen atoms in total. The first-order valence-corrected chi connectivity index (χ1v) is 5.87. The Morgan fingerprint density at radius 3 is 3.20 bits per heavy atom. The predicted octanol–water partition coefficient (Wildman–Crippen LogP) is 2.14. The fourth-order valence-electron chi connectivity index (χ4n) is 1.41. The molecule has 0 amide bonds. The molecule has 0 saturated heterocycles. The highest BCUT2D eigenvalue weighted by atomic mass is 79.9. The average molecular weight is 284 g/mol. The van der Waals surface area contributed by atoms with E-state index in [0.29, 0.717) is 0 Å². The first-order valence-electron chi connectivity index (χ1n) is 4.26. The molecular weight excluding hydrogens is 278 g/mol. The Morgan fingerprint density at radius 1 is 1.53 bits per heavy atom. The Labute approximate surface area is 97.3 Å². The van der Waals surface area contributed by atoms with Gasteiger partial charge in [0, 0.05) is 7.05 Å². The number of aromatic nitrogens is 4. The van der Waals surface area contributed by atoms with Crippen LogP contribution < -0.4 is 5.32 Å². The summed E-state index contributed by atoms with van der Waals surface area (Å²) in [5.74, 6) is 0. The van der Waals surface area contributed by atoms with E-state index in [1.807, 2.05) is 13.1 Å². The Morgan fingerprint density at radius 2 is 2.40 bits per heavy atom. The maximum Gasteiger partial charge on any atom is 0.185 e. The molecule has 0 bridgehead atoms. The molecule has 0 aliphatic rings. The van der Waals surface area contributed by atoms with E-state index in [1.165, 1.54) is 6.33 Å². The van der Waals surface area contributed by atoms with Crippen LogP contribution in [0.2, 0.25) is 0 Å². The molecule has 0 radical (unpaired) electrons. The number of anilines is 1. The van der Waals surface area contributed by atoms with Crippen molar-refractivity contribution in [2.45, 2.75) is 0 Å². The molecule has 3 aromatic heterocycles. The van der Waals surface area contributed by atoms with Crippen LogP contribution in [-0.4, -0.2) is 26.6 Å². The minimum Gasteiger partial charge on any atom is -0.365 e. The summed E-state index contributed by atoms with van der Waals surface area (Å²) >= 11 is 5.01. The second-order valence-corrected chi connectivity index (χ2v) is 4.78. The number of rotatable bonds is 1. The second-order valence-electron chi connectivity index (χ2n) is 2.95. The Balaban J connectivity index is 2.52. The minimum absolute atomic E-state index is 0.814. The Kier molecular flexibility index (Phi) is 1.89. The van der Waals surface area contributed by atoms with Crippen LogP contribution in [0.15, 0.2) is 16.9 Å². The van der Waals surface area contributed by atoms with E-state index in [4.69, 9.17) is 0 Å². The molecule has 1 N–H and O–H groups in total. The zero-order valence-electron chi connectivity index (χ0n) is 7.73. The number of hydrogen-bond acceptors (Lipinski definition) is 5. The lowest BCUT2D eigenvalue weighted by atomic mass is 10.4. The number of pyridine rings is 1. The summed E-state index contributed by atoms with van der Waals surface area (Å²) in [7, 11) is 1.85. The van der Waals surface area contributed by atoms with Gasteiger partial charge in [0.15, 0.2) is 10.8 Å². The molecule has 0 atom stereocenters. The monoisotopic (exact) mass is 283 g/mol. The van der Waals surface area contributed by atoms with E-state index in [2.05, 4.69) is 36.3 Å². The van der Waals surface area contributed by atoms with E-state index in [0.717, 1.165) is 25.6 Å². The molecule has 0 spiro atoms. The molecule has 0 aliphatic heterocycles. The molecular formula is C8H6BrN5S. The molecule has 7 heteroatoms. The molecule has 0 saturated carbocycles. The Hall–Kier alpha value is -1.21. The van der Waals surface area contributed by atoms with Crippen LogP contribution in [0.1, 0.15) is 0 Å². The lowest BCUT2D eigenvalue weighted by molar-refractivity contribution is 1.01. The highest BCUT2D eigenvalue weighted by Gasteiger charge is 2.10. The number of hydrogen-bond donors (Lipinski definition) is 1. The van der Waals surface area contributed by atoms with Crippen molar-refractivity contribution in [2.24, 2.45) is 0 Å². The van der Waals surface area contributed by atoms with Crippen molar-refractivity contribution in [3.05, 3.63) is 16.9 Å². The van der Waals surface area contributed by atoms with Gasteiger partial charge >= 0.3 is 0 Å². The van der Waals surface area contributed by atoms with Gasteiger partial charge in [0.25, 0.3) is 0 Å². The first-order chi connectivity index (χ1) is 7.29. The zero-order valence-corrected chi connectivity index (χ0v) is 10.1. The predicted molar refractivity (Wildman–Crippen MR) is 63.4 cm³/mol. The normalized spacial score (nSPS) is 11.3. The fourth-order valence-corrected chi connectivity index (χ4v) is 2.76. The van der Waals surface area contributed by atoms with Crippen LogP contribution in [0.25, 0.3) is 16.0 Å². The summed E-state index contributed by atoms with van der Waals surface area (Å²) in [6.07, 6.45) is 1.54. The van der Waals surface area contributed by atoms with Gasteiger partial charge in [-0.3, -0.25) is 0 Å². The second kappa shape index (κ2) is 3.14. The average Bonchev–Trinajstić information content (AvgIpc) is 2.80. The third-order valence-electron chi connectivity index (χ3n) is 2.07. The van der Waals surface area contributed by atoms with Crippen molar-refractivity contribution in [1.82, 2.24) is 19.6 Å². The quantitative estimate of drug-likeness (QED) is 0.744. The van der Waals surface area contributed by atoms with Crippen molar-refractivity contribution >= 4 is 48.4 Å². The molecule has 76 valence electrons. The van der Waals surface area contributed by atoms with Gasteiger partial charge < -0.3 is 5.32 Å². The van der Waals surface area contributed by atoms with Crippen molar-refractivity contribution in [3.63, 3.8) is 0 Å². The number of thiazole rings is 1. The molecule has 3 aromatic rings. The summed E-state index contributed by atoms with van der Waals surface area (Å²) in [5.41, 5.74) is 1.73. The molecule has 3 rings (SSSR count). The minimum atomic E-state index is 0.814. The lowest BCUT2D eigenvalue weighted by Crippen LogP contribution is -1.88. The Bertz CT molecular complexity index is 643. The first kappa shape index (κ1) is 9.05. The van der Waals surface area contributed by atoms with Crippen LogP contribution in [-0.2, 0) is 0 Å². The summed E-state index contributed by atoms with van der Waals surface area (Å²) in [5, 5.41) is 8.07. The molecule has 0 fully saturated rings. The molecule has 0 aliphatic carbocycles. The fraction of sp³-hybridized carbons (Fsp3) is 0.125. The van der Waals surface area contributed by atoms with Gasteiger partial charge in [-0.2, -0.15) is 5.10 Å². The van der Waals surface area contributed by atoms with Crippen LogP contribution in [0.3, 0.4) is 0 Å². The standard InChI is InChI=1S/C8H6BrN5S/c1-10-8-13-5-2-4(9)6-11-3-12-14(6)7(5)15-8/h2-3H,1H3,(H,10,13). The lowest BCUT2D eigenvalue weighted by Gasteiger charge is -1.94. The van der Waals surface area contributed by atoms with Crippen molar-refractivity contribution in [1.29, 1.82) is 0 Å². The van der Waals surface area contributed by atoms with Crippen LogP contribution >= 0.6 is 27.3 Å². The number of fused-ring (bicyclic) bond motifs is 3. The third-order valence-corrected chi connectivity index (χ3v) is 3.71. The van der Waals surface area contributed by atoms with Crippen LogP contribution in [0.5, 0.6) is 0 Å². The molecule has 0 unspecified atom stereocenters. The van der Waals surface area contributed by atoms with Crippen LogP contribution in [0, 0.1) is 0 Å². The van der Waals surface area contributed by atoms with E-state index < -0.39 is 0 Å². The smallest absolute Gasteiger partial charge is 0.185 e. The van der Waals surface area contributed by atoms with Gasteiger partial charge in [-0.15, -0.1) is 0 Å². The van der Waals surface area contributed by atoms with Crippen molar-refractivity contribution in [3.8, 4) is 0 Å². The SMILES string of the molecule is CNc1nc2cc(Br)c3ncnn3c2s1. The highest BCUT2D eigenvalue weighted by Crippen LogP contribution is 2.29. The molecule has 3 heterocycles. The van der Waals surface area contributed by atoms with E-state index in [-0.39, 0.29) is 0 Å². The summed E-state index contributed by atoms with van der Waals surface area (Å²) in [6, 6.07) is 1.96. The topological polar surface area (TPSA) is 55.1 Å². The van der Waals surface area contributed by atoms with Gasteiger partial charge in [0.2, 0.25) is 0 Å². The number of nitrogens with zero attached hydrogens (tertiary/aromatic N) is 4. The maximum atomic E-state index is 4.41. The zero-order chi connectivity index (χ0) is 10.4. The van der Waals surface area contributed by atoms with Gasteiger partial charge in [-0.05, 0) is 22.0 Å². The summed E-state index contributed by atoms with van der Waals surface area (Å²) in [6.45, 7) is 0. The third kappa shape index (κ3) is 1.23. The largest absolute Gasteiger partial charge is 0.365 e. The van der Waals surface area contributed by atoms with Gasteiger partial charge in [0.05, 0.1) is 4.47 Å². The van der Waals surface area contributed by atoms with E-state index >= 15 is 0 Å². The number of halogens is 1. The van der Waals surface area contributed by atoms with Gasteiger partial charge in [-0.25, -0.2) is 14.5 Å². The summed E-state index contributed by atoms with van der Waals surface area (Å²) in [4.78, 5) is 9.57. The van der Waals surface area contributed by atoms with Gasteiger partial charge in [-0.1, -0.05) is 11.3 Å². The van der Waals surface area contributed by atoms with Crippen molar-refractivity contribution in [2.75, 3.05) is 12.4 Å². The number of nitrogens with one attached hydrogen (secondary N) is 1. The van der Waals surface area contributed by atoms with Gasteiger partial charge in [0.1, 0.15) is 16.7 Å². The summed E-state index contributed by atoms with van der Waals surface area (Å²) < 4.78 is 2.69. The highest BCUT2D eigenvalue weighted by molar-refractivity contribution is 9.10. The van der Waals surface area contributed by atoms with Crippen LogP contribution in [0.4, 0.5) is 5.13 Å². The van der Waals surface area contributed by atoms with Crippen molar-refractivity contribution < 1.29 is 0 Å². The molecule has 0 aromatic carbocycles. The van der Waals surface area contributed by atoms with E-state index in [9.17, 15) is 0 Å².